The molecule has 0 fully saturated rings. The summed E-state index contributed by atoms with van der Waals surface area (Å²) in [6.07, 6.45) is 58.3. The number of carbonyl (C=O) groups is 4. The number of carbonyl (C=O) groups excluding carboxylic acids is 4. The van der Waals surface area contributed by atoms with Gasteiger partial charge in [-0.25, -0.2) is 9.13 Å². The fraction of sp³-hybridized carbons (Fsp3) is 0.950. The minimum Gasteiger partial charge on any atom is -0.462 e. The second kappa shape index (κ2) is 70.4. The monoisotopic (exact) mass is 1450 g/mol. The molecule has 19 heteroatoms. The molecule has 0 aromatic rings. The second-order valence-electron chi connectivity index (χ2n) is 30.0. The van der Waals surface area contributed by atoms with Gasteiger partial charge in [-0.05, 0) is 43.4 Å². The predicted octanol–water partition coefficient (Wildman–Crippen LogP) is 23.7. The number of hydrogen-bond acceptors (Lipinski definition) is 15. The van der Waals surface area contributed by atoms with Crippen LogP contribution < -0.4 is 0 Å². The molecule has 0 spiro atoms. The summed E-state index contributed by atoms with van der Waals surface area (Å²) < 4.78 is 68.6. The molecule has 0 amide bonds. The van der Waals surface area contributed by atoms with Crippen LogP contribution >= 0.6 is 15.6 Å². The normalized spacial score (nSPS) is 14.3. The molecule has 0 aliphatic heterocycles. The zero-order valence-electron chi connectivity index (χ0n) is 65.0. The number of aliphatic hydroxyl groups is 1. The topological polar surface area (TPSA) is 237 Å². The highest BCUT2D eigenvalue weighted by Crippen LogP contribution is 2.45. The molecule has 0 aliphatic rings. The van der Waals surface area contributed by atoms with Gasteiger partial charge in [-0.3, -0.25) is 37.3 Å². The van der Waals surface area contributed by atoms with Gasteiger partial charge in [0.1, 0.15) is 19.3 Å². The summed E-state index contributed by atoms with van der Waals surface area (Å²) in [4.78, 5) is 72.9. The lowest BCUT2D eigenvalue weighted by molar-refractivity contribution is -0.161. The SMILES string of the molecule is CCCCCCCCCCCC(=O)OC[C@H](COP(=O)(O)OC[C@H](O)COP(=O)(O)OC[C@@H](COC(=O)CCCCCCCCCCCCCCCC(C)C)OC(=O)CCCCCCCCCCCCCCCCCCCCC(C)CC)OC(=O)CCCCCCCCCCCC(C)C. The fourth-order valence-electron chi connectivity index (χ4n) is 12.3. The van der Waals surface area contributed by atoms with E-state index >= 15 is 0 Å². The molecule has 0 radical (unpaired) electrons. The van der Waals surface area contributed by atoms with Crippen LogP contribution in [0.1, 0.15) is 414 Å². The average molecular weight is 1450 g/mol. The Balaban J connectivity index is 5.20. The van der Waals surface area contributed by atoms with Gasteiger partial charge in [0, 0.05) is 25.7 Å². The first-order valence-corrected chi connectivity index (χ1v) is 44.4. The van der Waals surface area contributed by atoms with Gasteiger partial charge in [-0.1, -0.05) is 363 Å². The van der Waals surface area contributed by atoms with E-state index in [1.165, 1.54) is 225 Å². The zero-order valence-corrected chi connectivity index (χ0v) is 66.8. The smallest absolute Gasteiger partial charge is 0.462 e. The lowest BCUT2D eigenvalue weighted by Crippen LogP contribution is -2.30. The summed E-state index contributed by atoms with van der Waals surface area (Å²) >= 11 is 0. The molecule has 0 aliphatic carbocycles. The van der Waals surface area contributed by atoms with E-state index in [1.54, 1.807) is 0 Å². The van der Waals surface area contributed by atoms with E-state index in [4.69, 9.17) is 37.0 Å². The first kappa shape index (κ1) is 97.1. The predicted molar refractivity (Wildman–Crippen MR) is 405 cm³/mol. The van der Waals surface area contributed by atoms with Crippen molar-refractivity contribution in [3.63, 3.8) is 0 Å². The van der Waals surface area contributed by atoms with Crippen LogP contribution in [-0.4, -0.2) is 96.7 Å². The molecule has 0 saturated heterocycles. The number of unbranched alkanes of at least 4 members (excludes halogenated alkanes) is 45. The van der Waals surface area contributed by atoms with Gasteiger partial charge in [0.05, 0.1) is 26.4 Å². The maximum atomic E-state index is 13.1. The van der Waals surface area contributed by atoms with Crippen molar-refractivity contribution < 1.29 is 80.2 Å². The van der Waals surface area contributed by atoms with Gasteiger partial charge in [-0.2, -0.15) is 0 Å². The third-order valence-electron chi connectivity index (χ3n) is 19.0. The van der Waals surface area contributed by atoms with Crippen molar-refractivity contribution in [1.29, 1.82) is 0 Å². The molecule has 6 atom stereocenters. The Hall–Kier alpha value is -1.94. The Morgan fingerprint density at radius 2 is 0.515 bits per heavy atom. The summed E-state index contributed by atoms with van der Waals surface area (Å²) in [5.41, 5.74) is 0. The Labute approximate surface area is 607 Å². The van der Waals surface area contributed by atoms with Crippen LogP contribution in [0.4, 0.5) is 0 Å². The standard InChI is InChI=1S/C80H156O17P2/c1-8-10-11-12-13-30-40-47-54-61-77(82)90-67-75(97-80(85)64-57-50-43-36-29-32-38-45-52-59-72(5)6)69-94-98(86,87)92-65-74(81)66-93-99(88,89)95-70-76(68-91-78(83)62-55-48-41-34-27-24-20-21-25-31-37-44-51-58-71(3)4)96-79(84)63-56-49-42-35-28-23-19-17-15-14-16-18-22-26-33-39-46-53-60-73(7)9-2/h71-76,81H,8-70H2,1-7H3,(H,86,87)(H,88,89)/t73?,74-,75+,76+/m0/s1. The summed E-state index contributed by atoms with van der Waals surface area (Å²) in [6, 6.07) is 0. The molecule has 3 N–H and O–H groups in total. The van der Waals surface area contributed by atoms with Crippen molar-refractivity contribution in [3.05, 3.63) is 0 Å². The van der Waals surface area contributed by atoms with E-state index in [-0.39, 0.29) is 25.7 Å². The molecule has 99 heavy (non-hydrogen) atoms. The Bertz CT molecular complexity index is 1920. The van der Waals surface area contributed by atoms with Crippen molar-refractivity contribution in [1.82, 2.24) is 0 Å². The van der Waals surface area contributed by atoms with Gasteiger partial charge in [0.25, 0.3) is 0 Å². The lowest BCUT2D eigenvalue weighted by Gasteiger charge is -2.21. The number of phosphoric ester groups is 2. The van der Waals surface area contributed by atoms with Gasteiger partial charge < -0.3 is 33.8 Å². The van der Waals surface area contributed by atoms with Gasteiger partial charge in [-0.15, -0.1) is 0 Å². The molecule has 17 nitrogen and oxygen atoms in total. The lowest BCUT2D eigenvalue weighted by atomic mass is 9.99. The molecule has 0 heterocycles. The quantitative estimate of drug-likeness (QED) is 0.0222. The average Bonchev–Trinajstić information content (AvgIpc) is 1.01. The molecular weight excluding hydrogens is 1290 g/mol. The van der Waals surface area contributed by atoms with Gasteiger partial charge >= 0.3 is 39.5 Å². The van der Waals surface area contributed by atoms with E-state index < -0.39 is 97.5 Å². The molecular formula is C80H156O17P2. The Morgan fingerprint density at radius 3 is 0.768 bits per heavy atom. The van der Waals surface area contributed by atoms with Crippen LogP contribution in [-0.2, 0) is 65.4 Å². The fourth-order valence-corrected chi connectivity index (χ4v) is 13.9. The molecule has 588 valence electrons. The van der Waals surface area contributed by atoms with E-state index in [1.807, 2.05) is 0 Å². The highest BCUT2D eigenvalue weighted by molar-refractivity contribution is 7.47. The number of phosphoric acid groups is 2. The number of ether oxygens (including phenoxy) is 4. The van der Waals surface area contributed by atoms with Crippen LogP contribution in [0.25, 0.3) is 0 Å². The Morgan fingerprint density at radius 1 is 0.293 bits per heavy atom. The summed E-state index contributed by atoms with van der Waals surface area (Å²) in [7, 11) is -9.91. The van der Waals surface area contributed by atoms with Crippen molar-refractivity contribution in [2.24, 2.45) is 17.8 Å². The minimum atomic E-state index is -4.96. The number of hydrogen-bond donors (Lipinski definition) is 3. The molecule has 0 bridgehead atoms. The summed E-state index contributed by atoms with van der Waals surface area (Å²) in [5.74, 6) is 0.284. The summed E-state index contributed by atoms with van der Waals surface area (Å²) in [6.45, 7) is 12.0. The van der Waals surface area contributed by atoms with Crippen LogP contribution in [0, 0.1) is 17.8 Å². The van der Waals surface area contributed by atoms with Gasteiger partial charge in [0.2, 0.25) is 0 Å². The highest BCUT2D eigenvalue weighted by atomic mass is 31.2. The van der Waals surface area contributed by atoms with E-state index in [0.717, 1.165) is 108 Å². The van der Waals surface area contributed by atoms with Gasteiger partial charge in [0.15, 0.2) is 12.2 Å². The molecule has 0 rings (SSSR count). The van der Waals surface area contributed by atoms with Crippen LogP contribution in [0.5, 0.6) is 0 Å². The third-order valence-corrected chi connectivity index (χ3v) is 20.9. The zero-order chi connectivity index (χ0) is 73.0. The molecule has 0 saturated carbocycles. The minimum absolute atomic E-state index is 0.105. The van der Waals surface area contributed by atoms with Crippen molar-refractivity contribution in [3.8, 4) is 0 Å². The number of rotatable bonds is 78. The molecule has 0 aromatic carbocycles. The van der Waals surface area contributed by atoms with Crippen molar-refractivity contribution in [2.75, 3.05) is 39.6 Å². The van der Waals surface area contributed by atoms with E-state index in [2.05, 4.69) is 48.5 Å². The van der Waals surface area contributed by atoms with Crippen LogP contribution in [0.3, 0.4) is 0 Å². The molecule has 0 aromatic heterocycles. The van der Waals surface area contributed by atoms with Crippen molar-refractivity contribution >= 4 is 39.5 Å². The first-order chi connectivity index (χ1) is 47.8. The summed E-state index contributed by atoms with van der Waals surface area (Å²) in [5, 5.41) is 10.6. The maximum Gasteiger partial charge on any atom is 0.472 e. The number of esters is 4. The van der Waals surface area contributed by atoms with E-state index in [9.17, 15) is 43.2 Å². The third kappa shape index (κ3) is 72.8. The van der Waals surface area contributed by atoms with Crippen molar-refractivity contribution in [2.45, 2.75) is 433 Å². The van der Waals surface area contributed by atoms with Crippen LogP contribution in [0.15, 0.2) is 0 Å². The molecule has 3 unspecified atom stereocenters. The first-order valence-electron chi connectivity index (χ1n) is 41.4. The van der Waals surface area contributed by atoms with Crippen LogP contribution in [0.2, 0.25) is 0 Å². The Kier molecular flexibility index (Phi) is 69.0. The van der Waals surface area contributed by atoms with E-state index in [0.29, 0.717) is 25.7 Å². The highest BCUT2D eigenvalue weighted by Gasteiger charge is 2.30. The second-order valence-corrected chi connectivity index (χ2v) is 32.9. The number of aliphatic hydroxyl groups excluding tert-OH is 1. The maximum absolute atomic E-state index is 13.1. The largest absolute Gasteiger partial charge is 0.472 e.